The van der Waals surface area contributed by atoms with Gasteiger partial charge in [0.1, 0.15) is 0 Å². The van der Waals surface area contributed by atoms with Crippen molar-refractivity contribution < 1.29 is 4.74 Å². The first-order chi connectivity index (χ1) is 7.81. The molecule has 1 saturated carbocycles. The first kappa shape index (κ1) is 12.3. The van der Waals surface area contributed by atoms with Gasteiger partial charge in [0.15, 0.2) is 0 Å². The Bertz CT molecular complexity index is 206. The Labute approximate surface area is 99.5 Å². The van der Waals surface area contributed by atoms with Gasteiger partial charge in [-0.15, -0.1) is 0 Å². The van der Waals surface area contributed by atoms with Crippen molar-refractivity contribution in [3.05, 3.63) is 0 Å². The molecule has 2 unspecified atom stereocenters. The van der Waals surface area contributed by atoms with Crippen molar-refractivity contribution in [3.8, 4) is 0 Å². The first-order valence-corrected chi connectivity index (χ1v) is 6.88. The number of nitrogens with zero attached hydrogens (tertiary/aromatic N) is 1. The van der Waals surface area contributed by atoms with Gasteiger partial charge in [0.05, 0.1) is 0 Å². The second-order valence-corrected chi connectivity index (χ2v) is 5.21. The molecule has 2 fully saturated rings. The second kappa shape index (κ2) is 5.99. The number of rotatable bonds is 7. The average molecular weight is 226 g/mol. The molecule has 0 aromatic heterocycles. The summed E-state index contributed by atoms with van der Waals surface area (Å²) in [6.07, 6.45) is 5.33. The van der Waals surface area contributed by atoms with E-state index in [2.05, 4.69) is 24.1 Å². The molecule has 3 nitrogen and oxygen atoms in total. The van der Waals surface area contributed by atoms with Crippen LogP contribution in [-0.2, 0) is 4.74 Å². The maximum absolute atomic E-state index is 5.34. The average Bonchev–Trinajstić information content (AvgIpc) is 3.04. The monoisotopic (exact) mass is 226 g/mol. The third kappa shape index (κ3) is 3.44. The maximum atomic E-state index is 5.34. The van der Waals surface area contributed by atoms with Crippen molar-refractivity contribution >= 4 is 0 Å². The van der Waals surface area contributed by atoms with Crippen LogP contribution in [0.15, 0.2) is 0 Å². The van der Waals surface area contributed by atoms with Crippen LogP contribution in [0.4, 0.5) is 0 Å². The largest absolute Gasteiger partial charge is 0.382 e. The highest BCUT2D eigenvalue weighted by Gasteiger charge is 2.38. The van der Waals surface area contributed by atoms with Gasteiger partial charge in [-0.3, -0.25) is 4.90 Å². The summed E-state index contributed by atoms with van der Waals surface area (Å²) in [5.74, 6) is 0. The van der Waals surface area contributed by atoms with Crippen LogP contribution >= 0.6 is 0 Å². The number of nitrogens with one attached hydrogen (secondary N) is 1. The lowest BCUT2D eigenvalue weighted by Gasteiger charge is -2.19. The predicted octanol–water partition coefficient (Wildman–Crippen LogP) is 1.63. The van der Waals surface area contributed by atoms with E-state index in [4.69, 9.17) is 4.74 Å². The molecule has 0 amide bonds. The Balaban J connectivity index is 1.57. The van der Waals surface area contributed by atoms with Crippen LogP contribution in [-0.4, -0.2) is 49.3 Å². The third-order valence-electron chi connectivity index (χ3n) is 3.74. The molecule has 1 saturated heterocycles. The predicted molar refractivity (Wildman–Crippen MR) is 66.7 cm³/mol. The number of likely N-dealkylation sites (tertiary alicyclic amines) is 1. The summed E-state index contributed by atoms with van der Waals surface area (Å²) in [6, 6.07) is 2.43. The minimum Gasteiger partial charge on any atom is -0.382 e. The summed E-state index contributed by atoms with van der Waals surface area (Å²) in [4.78, 5) is 2.69. The summed E-state index contributed by atoms with van der Waals surface area (Å²) in [6.45, 7) is 8.55. The standard InChI is InChI=1S/C13H26N2O/c1-3-16-8-4-7-14-12-9-11(2)15(10-12)13-5-6-13/h11-14H,3-10H2,1-2H3. The molecular formula is C13H26N2O. The third-order valence-corrected chi connectivity index (χ3v) is 3.74. The van der Waals surface area contributed by atoms with E-state index >= 15 is 0 Å². The molecule has 2 aliphatic rings. The lowest BCUT2D eigenvalue weighted by molar-refractivity contribution is 0.144. The van der Waals surface area contributed by atoms with E-state index in [-0.39, 0.29) is 0 Å². The van der Waals surface area contributed by atoms with E-state index in [1.54, 1.807) is 0 Å². The van der Waals surface area contributed by atoms with Crippen LogP contribution in [0, 0.1) is 0 Å². The molecule has 94 valence electrons. The van der Waals surface area contributed by atoms with Crippen LogP contribution in [0.25, 0.3) is 0 Å². The van der Waals surface area contributed by atoms with Crippen molar-refractivity contribution in [2.45, 2.75) is 57.7 Å². The van der Waals surface area contributed by atoms with Gasteiger partial charge in [-0.25, -0.2) is 0 Å². The Hall–Kier alpha value is -0.120. The molecule has 1 N–H and O–H groups in total. The highest BCUT2D eigenvalue weighted by atomic mass is 16.5. The topological polar surface area (TPSA) is 24.5 Å². The van der Waals surface area contributed by atoms with Gasteiger partial charge in [-0.2, -0.15) is 0 Å². The van der Waals surface area contributed by atoms with Gasteiger partial charge in [0.2, 0.25) is 0 Å². The molecule has 0 aromatic rings. The van der Waals surface area contributed by atoms with Crippen molar-refractivity contribution in [3.63, 3.8) is 0 Å². The lowest BCUT2D eigenvalue weighted by Crippen LogP contribution is -2.34. The number of hydrogen-bond donors (Lipinski definition) is 1. The quantitative estimate of drug-likeness (QED) is 0.668. The van der Waals surface area contributed by atoms with Crippen LogP contribution in [0.3, 0.4) is 0 Å². The van der Waals surface area contributed by atoms with Crippen LogP contribution in [0.2, 0.25) is 0 Å². The van der Waals surface area contributed by atoms with Gasteiger partial charge in [-0.1, -0.05) is 0 Å². The molecule has 0 bridgehead atoms. The zero-order chi connectivity index (χ0) is 11.4. The molecule has 2 rings (SSSR count). The normalized spacial score (nSPS) is 31.1. The Morgan fingerprint density at radius 2 is 2.19 bits per heavy atom. The molecular weight excluding hydrogens is 200 g/mol. The molecule has 1 aliphatic carbocycles. The Morgan fingerprint density at radius 3 is 2.88 bits per heavy atom. The van der Waals surface area contributed by atoms with Crippen molar-refractivity contribution in [1.82, 2.24) is 10.2 Å². The highest BCUT2D eigenvalue weighted by Crippen LogP contribution is 2.33. The first-order valence-electron chi connectivity index (χ1n) is 6.88. The molecule has 2 atom stereocenters. The zero-order valence-corrected chi connectivity index (χ0v) is 10.7. The van der Waals surface area contributed by atoms with Gasteiger partial charge in [0.25, 0.3) is 0 Å². The van der Waals surface area contributed by atoms with E-state index in [1.807, 2.05) is 0 Å². The van der Waals surface area contributed by atoms with E-state index < -0.39 is 0 Å². The van der Waals surface area contributed by atoms with Gasteiger partial charge < -0.3 is 10.1 Å². The van der Waals surface area contributed by atoms with E-state index in [0.29, 0.717) is 0 Å². The Kier molecular flexibility index (Phi) is 4.62. The molecule has 0 radical (unpaired) electrons. The van der Waals surface area contributed by atoms with Crippen LogP contribution < -0.4 is 5.32 Å². The summed E-state index contributed by atoms with van der Waals surface area (Å²) in [5, 5.41) is 3.66. The minimum absolute atomic E-state index is 0.720. The van der Waals surface area contributed by atoms with Gasteiger partial charge in [0, 0.05) is 37.9 Å². The summed E-state index contributed by atoms with van der Waals surface area (Å²) in [7, 11) is 0. The lowest BCUT2D eigenvalue weighted by atomic mass is 10.2. The van der Waals surface area contributed by atoms with E-state index in [1.165, 1.54) is 25.8 Å². The molecule has 0 aromatic carbocycles. The van der Waals surface area contributed by atoms with Crippen molar-refractivity contribution in [2.75, 3.05) is 26.3 Å². The van der Waals surface area contributed by atoms with Crippen molar-refractivity contribution in [1.29, 1.82) is 0 Å². The van der Waals surface area contributed by atoms with Crippen LogP contribution in [0.5, 0.6) is 0 Å². The number of hydrogen-bond acceptors (Lipinski definition) is 3. The molecule has 1 heterocycles. The van der Waals surface area contributed by atoms with Crippen LogP contribution in [0.1, 0.15) is 39.5 Å². The van der Waals surface area contributed by atoms with Crippen molar-refractivity contribution in [2.24, 2.45) is 0 Å². The summed E-state index contributed by atoms with van der Waals surface area (Å²) < 4.78 is 5.34. The smallest absolute Gasteiger partial charge is 0.0477 e. The molecule has 16 heavy (non-hydrogen) atoms. The fourth-order valence-corrected chi connectivity index (χ4v) is 2.74. The fourth-order valence-electron chi connectivity index (χ4n) is 2.74. The molecule has 1 aliphatic heterocycles. The summed E-state index contributed by atoms with van der Waals surface area (Å²) >= 11 is 0. The minimum atomic E-state index is 0.720. The van der Waals surface area contributed by atoms with E-state index in [9.17, 15) is 0 Å². The van der Waals surface area contributed by atoms with Gasteiger partial charge in [-0.05, 0) is 46.1 Å². The molecule has 3 heteroatoms. The Morgan fingerprint density at radius 1 is 1.38 bits per heavy atom. The SMILES string of the molecule is CCOCCCNC1CC(C)N(C2CC2)C1. The summed E-state index contributed by atoms with van der Waals surface area (Å²) in [5.41, 5.74) is 0. The second-order valence-electron chi connectivity index (χ2n) is 5.21. The zero-order valence-electron chi connectivity index (χ0n) is 10.7. The number of ether oxygens (including phenoxy) is 1. The fraction of sp³-hybridized carbons (Fsp3) is 1.00. The van der Waals surface area contributed by atoms with E-state index in [0.717, 1.165) is 44.3 Å². The molecule has 0 spiro atoms. The van der Waals surface area contributed by atoms with Gasteiger partial charge >= 0.3 is 0 Å². The highest BCUT2D eigenvalue weighted by molar-refractivity contribution is 4.95. The maximum Gasteiger partial charge on any atom is 0.0477 e.